The van der Waals surface area contributed by atoms with Crippen molar-refractivity contribution in [2.24, 2.45) is 5.10 Å². The van der Waals surface area contributed by atoms with E-state index in [0.717, 1.165) is 27.7 Å². The van der Waals surface area contributed by atoms with Crippen LogP contribution >= 0.6 is 11.6 Å². The minimum atomic E-state index is 0.162. The van der Waals surface area contributed by atoms with Crippen molar-refractivity contribution in [1.82, 2.24) is 15.4 Å². The van der Waals surface area contributed by atoms with Crippen LogP contribution in [0, 0.1) is 12.3 Å². The van der Waals surface area contributed by atoms with Gasteiger partial charge in [-0.05, 0) is 48.4 Å². The zero-order valence-electron chi connectivity index (χ0n) is 19.4. The van der Waals surface area contributed by atoms with Crippen molar-refractivity contribution in [1.29, 1.82) is 5.41 Å². The number of hydrogen-bond donors (Lipinski definition) is 3. The fourth-order valence-electron chi connectivity index (χ4n) is 3.41. The average Bonchev–Trinajstić information content (AvgIpc) is 2.84. The molecule has 3 N–H and O–H groups in total. The van der Waals surface area contributed by atoms with Gasteiger partial charge in [-0.15, -0.1) is 0 Å². The van der Waals surface area contributed by atoms with E-state index in [1.54, 1.807) is 12.3 Å². The van der Waals surface area contributed by atoms with E-state index in [0.29, 0.717) is 23.2 Å². The Kier molecular flexibility index (Phi) is 7.87. The number of halogens is 1. The van der Waals surface area contributed by atoms with Gasteiger partial charge in [0.05, 0.1) is 16.8 Å². The Morgan fingerprint density at radius 1 is 1.11 bits per heavy atom. The van der Waals surface area contributed by atoms with Crippen LogP contribution in [0.15, 0.2) is 72.1 Å². The molecular weight excluding hydrogens is 464 g/mol. The zero-order valence-corrected chi connectivity index (χ0v) is 20.1. The van der Waals surface area contributed by atoms with E-state index >= 15 is 0 Å². The van der Waals surface area contributed by atoms with Crippen molar-refractivity contribution >= 4 is 46.1 Å². The maximum absolute atomic E-state index is 7.66. The molecule has 3 aromatic carbocycles. The van der Waals surface area contributed by atoms with Crippen molar-refractivity contribution < 1.29 is 9.47 Å². The first kappa shape index (κ1) is 24.1. The number of methoxy groups -OCH3 is 1. The molecule has 1 heterocycles. The number of ether oxygens (including phenoxy) is 2. The molecule has 0 amide bonds. The normalized spacial score (nSPS) is 11.1. The standard InChI is InChI=1S/C26H25ClN6O2/c1-17-4-3-5-19(10-17)14-35-24-9-7-20(12-22(24)27)32-26-21-11-18(6-8-23(21)29-16-30-26)13-31-33-25(28)15-34-2/h3-13,16H,14-15H2,1-2H3,(H2,28,33)(H,29,30,32)/b31-13+. The number of nitrogens with one attached hydrogen (secondary N) is 3. The third-order valence-electron chi connectivity index (χ3n) is 5.03. The minimum Gasteiger partial charge on any atom is -0.487 e. The van der Waals surface area contributed by atoms with Crippen LogP contribution < -0.4 is 15.5 Å². The largest absolute Gasteiger partial charge is 0.487 e. The second-order valence-electron chi connectivity index (χ2n) is 7.83. The Morgan fingerprint density at radius 3 is 2.80 bits per heavy atom. The molecule has 9 heteroatoms. The van der Waals surface area contributed by atoms with Crippen LogP contribution in [0.2, 0.25) is 5.02 Å². The molecule has 0 unspecified atom stereocenters. The molecule has 0 saturated carbocycles. The van der Waals surface area contributed by atoms with Gasteiger partial charge in [0.15, 0.2) is 0 Å². The number of fused-ring (bicyclic) bond motifs is 1. The van der Waals surface area contributed by atoms with E-state index in [1.807, 2.05) is 42.5 Å². The Labute approximate surface area is 208 Å². The molecule has 35 heavy (non-hydrogen) atoms. The minimum absolute atomic E-state index is 0.162. The van der Waals surface area contributed by atoms with Crippen LogP contribution in [0.4, 0.5) is 11.5 Å². The summed E-state index contributed by atoms with van der Waals surface area (Å²) in [6, 6.07) is 19.4. The molecule has 178 valence electrons. The number of hydrazone groups is 1. The van der Waals surface area contributed by atoms with E-state index in [-0.39, 0.29) is 12.4 Å². The molecule has 4 rings (SSSR count). The first-order chi connectivity index (χ1) is 17.0. The molecule has 0 spiro atoms. The van der Waals surface area contributed by atoms with Crippen LogP contribution in [0.25, 0.3) is 10.9 Å². The zero-order chi connectivity index (χ0) is 24.6. The second-order valence-corrected chi connectivity index (χ2v) is 8.24. The molecule has 0 saturated heterocycles. The summed E-state index contributed by atoms with van der Waals surface area (Å²) in [5.74, 6) is 1.41. The smallest absolute Gasteiger partial charge is 0.141 e. The first-order valence-corrected chi connectivity index (χ1v) is 11.2. The fourth-order valence-corrected chi connectivity index (χ4v) is 3.65. The van der Waals surface area contributed by atoms with E-state index in [9.17, 15) is 0 Å². The van der Waals surface area contributed by atoms with Crippen molar-refractivity contribution in [2.45, 2.75) is 13.5 Å². The molecule has 1 aromatic heterocycles. The molecular formula is C26H25ClN6O2. The first-order valence-electron chi connectivity index (χ1n) is 10.9. The highest BCUT2D eigenvalue weighted by Gasteiger charge is 2.08. The van der Waals surface area contributed by atoms with E-state index in [4.69, 9.17) is 26.5 Å². The number of aryl methyl sites for hydroxylation is 1. The summed E-state index contributed by atoms with van der Waals surface area (Å²) in [5.41, 5.74) is 7.27. The Balaban J connectivity index is 1.48. The SMILES string of the molecule is COCC(=N)N/N=C/c1ccc2ncnc(Nc3ccc(OCc4cccc(C)c4)c(Cl)c3)c2c1. The molecule has 0 radical (unpaired) electrons. The number of amidine groups is 1. The van der Waals surface area contributed by atoms with Crippen molar-refractivity contribution in [3.63, 3.8) is 0 Å². The summed E-state index contributed by atoms with van der Waals surface area (Å²) in [6.45, 7) is 2.65. The molecule has 0 fully saturated rings. The Bertz CT molecular complexity index is 1380. The predicted molar refractivity (Wildman–Crippen MR) is 140 cm³/mol. The number of rotatable bonds is 9. The summed E-state index contributed by atoms with van der Waals surface area (Å²) in [6.07, 6.45) is 3.13. The van der Waals surface area contributed by atoms with Gasteiger partial charge in [0.2, 0.25) is 0 Å². The third kappa shape index (κ3) is 6.53. The number of benzene rings is 3. The van der Waals surface area contributed by atoms with Gasteiger partial charge in [0.25, 0.3) is 0 Å². The lowest BCUT2D eigenvalue weighted by molar-refractivity contribution is 0.242. The van der Waals surface area contributed by atoms with Gasteiger partial charge < -0.3 is 14.8 Å². The lowest BCUT2D eigenvalue weighted by atomic mass is 10.1. The molecule has 0 bridgehead atoms. The van der Waals surface area contributed by atoms with Crippen molar-refractivity contribution in [3.05, 3.63) is 88.7 Å². The highest BCUT2D eigenvalue weighted by Crippen LogP contribution is 2.31. The topological polar surface area (TPSA) is 105 Å². The number of nitrogens with zero attached hydrogens (tertiary/aromatic N) is 3. The second kappa shape index (κ2) is 11.4. The Morgan fingerprint density at radius 2 is 2.00 bits per heavy atom. The molecule has 0 aliphatic carbocycles. The Hall–Kier alpha value is -4.01. The number of anilines is 2. The summed E-state index contributed by atoms with van der Waals surface area (Å²) < 4.78 is 10.8. The third-order valence-corrected chi connectivity index (χ3v) is 5.33. The molecule has 0 aliphatic heterocycles. The lowest BCUT2D eigenvalue weighted by Crippen LogP contribution is -2.21. The van der Waals surface area contributed by atoms with Gasteiger partial charge in [-0.3, -0.25) is 10.8 Å². The van der Waals surface area contributed by atoms with Crippen molar-refractivity contribution in [3.8, 4) is 5.75 Å². The monoisotopic (exact) mass is 488 g/mol. The molecule has 0 atom stereocenters. The maximum atomic E-state index is 7.66. The average molecular weight is 489 g/mol. The number of aromatic nitrogens is 2. The summed E-state index contributed by atoms with van der Waals surface area (Å²) in [5, 5.41) is 16.4. The van der Waals surface area contributed by atoms with Crippen molar-refractivity contribution in [2.75, 3.05) is 19.0 Å². The molecule has 8 nitrogen and oxygen atoms in total. The van der Waals surface area contributed by atoms with E-state index < -0.39 is 0 Å². The maximum Gasteiger partial charge on any atom is 0.141 e. The van der Waals surface area contributed by atoms with Gasteiger partial charge in [0, 0.05) is 18.2 Å². The fraction of sp³-hybridized carbons (Fsp3) is 0.154. The highest BCUT2D eigenvalue weighted by atomic mass is 35.5. The lowest BCUT2D eigenvalue weighted by Gasteiger charge is -2.12. The van der Waals surface area contributed by atoms with Crippen LogP contribution in [0.3, 0.4) is 0 Å². The van der Waals surface area contributed by atoms with Gasteiger partial charge in [0.1, 0.15) is 36.9 Å². The predicted octanol–water partition coefficient (Wildman–Crippen LogP) is 5.46. The molecule has 0 aliphatic rings. The quantitative estimate of drug-likeness (QED) is 0.164. The highest BCUT2D eigenvalue weighted by molar-refractivity contribution is 6.32. The summed E-state index contributed by atoms with van der Waals surface area (Å²) in [7, 11) is 1.52. The van der Waals surface area contributed by atoms with Gasteiger partial charge in [-0.2, -0.15) is 5.10 Å². The van der Waals surface area contributed by atoms with Gasteiger partial charge in [-0.1, -0.05) is 47.5 Å². The summed E-state index contributed by atoms with van der Waals surface area (Å²) >= 11 is 6.49. The summed E-state index contributed by atoms with van der Waals surface area (Å²) in [4.78, 5) is 8.75. The van der Waals surface area contributed by atoms with Crippen LogP contribution in [-0.2, 0) is 11.3 Å². The van der Waals surface area contributed by atoms with Crippen LogP contribution in [0.5, 0.6) is 5.75 Å². The molecule has 4 aromatic rings. The van der Waals surface area contributed by atoms with Gasteiger partial charge >= 0.3 is 0 Å². The number of hydrogen-bond acceptors (Lipinski definition) is 7. The van der Waals surface area contributed by atoms with E-state index in [1.165, 1.54) is 19.0 Å². The van der Waals surface area contributed by atoms with Gasteiger partial charge in [-0.25, -0.2) is 9.97 Å². The van der Waals surface area contributed by atoms with E-state index in [2.05, 4.69) is 44.9 Å². The van der Waals surface area contributed by atoms with Crippen LogP contribution in [-0.4, -0.2) is 35.7 Å². The van der Waals surface area contributed by atoms with Crippen LogP contribution in [0.1, 0.15) is 16.7 Å².